The monoisotopic (exact) mass is 435 g/mol. The minimum absolute atomic E-state index is 0.240. The zero-order chi connectivity index (χ0) is 21.7. The summed E-state index contributed by atoms with van der Waals surface area (Å²) in [5, 5.41) is 9.74. The molecule has 31 heavy (non-hydrogen) atoms. The highest BCUT2D eigenvalue weighted by Gasteiger charge is 2.37. The van der Waals surface area contributed by atoms with Gasteiger partial charge in [-0.25, -0.2) is 4.39 Å². The number of carbonyl (C=O) groups excluding carboxylic acids is 1. The molecule has 0 aromatic heterocycles. The first-order chi connectivity index (χ1) is 15.0. The minimum Gasteiger partial charge on any atom is -0.481 e. The third kappa shape index (κ3) is 3.39. The number of aliphatic carboxylic acids is 1. The zero-order valence-corrected chi connectivity index (χ0v) is 17.3. The Kier molecular flexibility index (Phi) is 4.78. The van der Waals surface area contributed by atoms with Crippen molar-refractivity contribution in [1.29, 1.82) is 0 Å². The summed E-state index contributed by atoms with van der Waals surface area (Å²) >= 11 is 6.48. The van der Waals surface area contributed by atoms with E-state index in [0.29, 0.717) is 22.3 Å². The smallest absolute Gasteiger partial charge is 0.310 e. The summed E-state index contributed by atoms with van der Waals surface area (Å²) in [5.74, 6) is -1.98. The van der Waals surface area contributed by atoms with Gasteiger partial charge in [0.2, 0.25) is 0 Å². The number of amides is 1. The molecular weight excluding hydrogens is 417 g/mol. The fraction of sp³-hybridized carbons (Fsp3) is 0.200. The standard InChI is InChI=1S/C25H19ClFNO3/c26-20-4-1-3-17(14-7-8-14)18(20)13-19-23-21(27)5-2-6-22(23)28(24(19)29)16-11-9-15(10-12-16)25(30)31/h1-6,9,11-15H,7-8,10H2,(H,30,31)/b19-13+. The van der Waals surface area contributed by atoms with Crippen LogP contribution in [-0.2, 0) is 9.59 Å². The SMILES string of the molecule is O=C(O)C1C=CC(N2C(=O)/C(=C/c3c(Cl)cccc3C3CC3)c3c(F)cccc32)=CC1. The Bertz CT molecular complexity index is 1210. The lowest BCUT2D eigenvalue weighted by atomic mass is 9.98. The third-order valence-electron chi connectivity index (χ3n) is 5.98. The summed E-state index contributed by atoms with van der Waals surface area (Å²) in [6, 6.07) is 10.3. The van der Waals surface area contributed by atoms with Gasteiger partial charge in [-0.1, -0.05) is 42.0 Å². The maximum Gasteiger partial charge on any atom is 0.310 e. The molecule has 1 unspecified atom stereocenters. The molecule has 1 atom stereocenters. The molecular formula is C25H19ClFNO3. The van der Waals surface area contributed by atoms with Gasteiger partial charge < -0.3 is 5.11 Å². The van der Waals surface area contributed by atoms with Crippen LogP contribution in [0.15, 0.2) is 60.3 Å². The average Bonchev–Trinajstić information content (AvgIpc) is 3.55. The van der Waals surface area contributed by atoms with E-state index in [0.717, 1.165) is 24.0 Å². The number of benzene rings is 2. The minimum atomic E-state index is -0.919. The maximum atomic E-state index is 14.9. The van der Waals surface area contributed by atoms with Crippen LogP contribution in [0.2, 0.25) is 5.02 Å². The van der Waals surface area contributed by atoms with Crippen LogP contribution in [0.1, 0.15) is 41.9 Å². The fourth-order valence-corrected chi connectivity index (χ4v) is 4.49. The highest BCUT2D eigenvalue weighted by Crippen LogP contribution is 2.46. The highest BCUT2D eigenvalue weighted by molar-refractivity contribution is 6.38. The van der Waals surface area contributed by atoms with Gasteiger partial charge in [-0.15, -0.1) is 0 Å². The highest BCUT2D eigenvalue weighted by atomic mass is 35.5. The quantitative estimate of drug-likeness (QED) is 0.618. The van der Waals surface area contributed by atoms with E-state index in [9.17, 15) is 19.1 Å². The van der Waals surface area contributed by atoms with Gasteiger partial charge in [-0.3, -0.25) is 14.5 Å². The summed E-state index contributed by atoms with van der Waals surface area (Å²) in [6.07, 6.45) is 9.00. The fourth-order valence-electron chi connectivity index (χ4n) is 4.25. The zero-order valence-electron chi connectivity index (χ0n) is 16.5. The first-order valence-electron chi connectivity index (χ1n) is 10.2. The molecule has 0 spiro atoms. The van der Waals surface area contributed by atoms with Crippen LogP contribution >= 0.6 is 11.6 Å². The maximum absolute atomic E-state index is 14.9. The Morgan fingerprint density at radius 3 is 2.65 bits per heavy atom. The molecule has 156 valence electrons. The third-order valence-corrected chi connectivity index (χ3v) is 6.31. The van der Waals surface area contributed by atoms with Gasteiger partial charge in [-0.2, -0.15) is 0 Å². The van der Waals surface area contributed by atoms with Gasteiger partial charge >= 0.3 is 5.97 Å². The van der Waals surface area contributed by atoms with Crippen LogP contribution in [0.4, 0.5) is 10.1 Å². The lowest BCUT2D eigenvalue weighted by Gasteiger charge is -2.22. The lowest BCUT2D eigenvalue weighted by molar-refractivity contribution is -0.140. The van der Waals surface area contributed by atoms with E-state index in [2.05, 4.69) is 0 Å². The van der Waals surface area contributed by atoms with Crippen molar-refractivity contribution in [2.24, 2.45) is 5.92 Å². The van der Waals surface area contributed by atoms with Crippen molar-refractivity contribution in [3.63, 3.8) is 0 Å². The Labute approximate surface area is 183 Å². The number of carbonyl (C=O) groups is 2. The van der Waals surface area contributed by atoms with Crippen LogP contribution in [0.25, 0.3) is 11.6 Å². The molecule has 2 aromatic carbocycles. The van der Waals surface area contributed by atoms with E-state index in [4.69, 9.17) is 11.6 Å². The summed E-state index contributed by atoms with van der Waals surface area (Å²) in [4.78, 5) is 26.2. The summed E-state index contributed by atoms with van der Waals surface area (Å²) in [5.41, 5.74) is 3.30. The molecule has 1 N–H and O–H groups in total. The van der Waals surface area contributed by atoms with Crippen LogP contribution in [0.3, 0.4) is 0 Å². The van der Waals surface area contributed by atoms with Gasteiger partial charge in [0, 0.05) is 16.3 Å². The molecule has 3 aliphatic rings. The molecule has 5 rings (SSSR count). The van der Waals surface area contributed by atoms with E-state index in [-0.39, 0.29) is 23.5 Å². The molecule has 0 saturated heterocycles. The lowest BCUT2D eigenvalue weighted by Crippen LogP contribution is -2.26. The molecule has 0 radical (unpaired) electrons. The largest absolute Gasteiger partial charge is 0.481 e. The molecule has 1 amide bonds. The molecule has 1 heterocycles. The molecule has 1 saturated carbocycles. The van der Waals surface area contributed by atoms with Gasteiger partial charge in [-0.05, 0) is 66.7 Å². The number of allylic oxidation sites excluding steroid dienone is 2. The molecule has 2 aliphatic carbocycles. The number of carboxylic acids is 1. The Balaban J connectivity index is 1.62. The number of hydrogen-bond acceptors (Lipinski definition) is 2. The molecule has 0 bridgehead atoms. The number of hydrogen-bond donors (Lipinski definition) is 1. The van der Waals surface area contributed by atoms with E-state index < -0.39 is 17.7 Å². The van der Waals surface area contributed by atoms with Crippen molar-refractivity contribution < 1.29 is 19.1 Å². The molecule has 1 aliphatic heterocycles. The van der Waals surface area contributed by atoms with Crippen molar-refractivity contribution in [2.75, 3.05) is 4.90 Å². The van der Waals surface area contributed by atoms with E-state index in [1.807, 2.05) is 12.1 Å². The Morgan fingerprint density at radius 1 is 1.19 bits per heavy atom. The molecule has 4 nitrogen and oxygen atoms in total. The average molecular weight is 436 g/mol. The number of fused-ring (bicyclic) bond motifs is 1. The van der Waals surface area contributed by atoms with Crippen molar-refractivity contribution in [1.82, 2.24) is 0 Å². The Hall–Kier alpha value is -3.18. The second-order valence-electron chi connectivity index (χ2n) is 8.02. The molecule has 1 fully saturated rings. The number of anilines is 1. The summed E-state index contributed by atoms with van der Waals surface area (Å²) in [6.45, 7) is 0. The van der Waals surface area contributed by atoms with E-state index in [1.54, 1.807) is 42.5 Å². The topological polar surface area (TPSA) is 57.6 Å². The molecule has 6 heteroatoms. The predicted octanol–water partition coefficient (Wildman–Crippen LogP) is 5.79. The second kappa shape index (κ2) is 7.50. The first-order valence-corrected chi connectivity index (χ1v) is 10.6. The van der Waals surface area contributed by atoms with Crippen LogP contribution in [-0.4, -0.2) is 17.0 Å². The number of halogens is 2. The van der Waals surface area contributed by atoms with Crippen LogP contribution in [0.5, 0.6) is 0 Å². The van der Waals surface area contributed by atoms with E-state index in [1.165, 1.54) is 11.0 Å². The number of nitrogens with zero attached hydrogens (tertiary/aromatic N) is 1. The van der Waals surface area contributed by atoms with Crippen molar-refractivity contribution in [3.8, 4) is 0 Å². The van der Waals surface area contributed by atoms with Crippen LogP contribution < -0.4 is 4.90 Å². The van der Waals surface area contributed by atoms with E-state index >= 15 is 0 Å². The van der Waals surface area contributed by atoms with Crippen molar-refractivity contribution >= 4 is 40.8 Å². The van der Waals surface area contributed by atoms with Crippen molar-refractivity contribution in [2.45, 2.75) is 25.2 Å². The Morgan fingerprint density at radius 2 is 1.97 bits per heavy atom. The number of carboxylic acid groups (broad SMARTS) is 1. The van der Waals surface area contributed by atoms with Gasteiger partial charge in [0.1, 0.15) is 5.82 Å². The predicted molar refractivity (Wildman–Crippen MR) is 118 cm³/mol. The molecule has 2 aromatic rings. The van der Waals surface area contributed by atoms with Crippen LogP contribution in [0, 0.1) is 11.7 Å². The number of rotatable bonds is 4. The van der Waals surface area contributed by atoms with Gasteiger partial charge in [0.05, 0.1) is 17.2 Å². The summed E-state index contributed by atoms with van der Waals surface area (Å²) < 4.78 is 14.9. The summed E-state index contributed by atoms with van der Waals surface area (Å²) in [7, 11) is 0. The second-order valence-corrected chi connectivity index (χ2v) is 8.43. The normalized spacial score (nSPS) is 21.4. The van der Waals surface area contributed by atoms with Crippen molar-refractivity contribution in [3.05, 3.63) is 87.9 Å². The van der Waals surface area contributed by atoms with Gasteiger partial charge in [0.15, 0.2) is 0 Å². The first kappa shape index (κ1) is 19.8. The van der Waals surface area contributed by atoms with Gasteiger partial charge in [0.25, 0.3) is 5.91 Å².